The number of carbonyl (C=O) groups is 1. The maximum Gasteiger partial charge on any atom is 0.347 e. The topological polar surface area (TPSA) is 115 Å². The van der Waals surface area contributed by atoms with Crippen molar-refractivity contribution in [3.63, 3.8) is 0 Å². The lowest BCUT2D eigenvalue weighted by atomic mass is 9.86. The van der Waals surface area contributed by atoms with Crippen LogP contribution in [-0.2, 0) is 0 Å². The zero-order valence-corrected chi connectivity index (χ0v) is 14.5. The average molecular weight is 372 g/mol. The quantitative estimate of drug-likeness (QED) is 0.703. The van der Waals surface area contributed by atoms with Crippen molar-refractivity contribution in [2.45, 2.75) is 43.8 Å². The number of fused-ring (bicyclic) bond motifs is 1. The lowest BCUT2D eigenvalue weighted by Crippen LogP contribution is -2.41. The molecule has 0 saturated heterocycles. The lowest BCUT2D eigenvalue weighted by molar-refractivity contribution is 0.0702. The first kappa shape index (κ1) is 15.5. The number of nitrogens with zero attached hydrogens (tertiary/aromatic N) is 5. The van der Waals surface area contributed by atoms with E-state index in [2.05, 4.69) is 20.3 Å². The number of imidazole rings is 1. The highest BCUT2D eigenvalue weighted by Crippen LogP contribution is 2.39. The van der Waals surface area contributed by atoms with Gasteiger partial charge in [0.25, 0.3) is 0 Å². The van der Waals surface area contributed by atoms with Gasteiger partial charge < -0.3 is 10.4 Å². The van der Waals surface area contributed by atoms with E-state index in [9.17, 15) is 9.59 Å². The van der Waals surface area contributed by atoms with E-state index >= 15 is 0 Å². The van der Waals surface area contributed by atoms with E-state index in [1.807, 2.05) is 4.57 Å². The van der Waals surface area contributed by atoms with E-state index in [0.29, 0.717) is 10.8 Å². The van der Waals surface area contributed by atoms with Gasteiger partial charge in [0.05, 0.1) is 12.4 Å². The van der Waals surface area contributed by atoms with Gasteiger partial charge in [-0.25, -0.2) is 24.5 Å². The van der Waals surface area contributed by atoms with Crippen LogP contribution in [0.15, 0.2) is 23.5 Å². The second kappa shape index (κ2) is 5.63. The molecule has 2 N–H and O–H groups in total. The molecule has 26 heavy (non-hydrogen) atoms. The molecule has 2 fully saturated rings. The first-order valence-corrected chi connectivity index (χ1v) is 9.31. The Morgan fingerprint density at radius 3 is 2.69 bits per heavy atom. The largest absolute Gasteiger partial charge is 0.477 e. The fourth-order valence-electron chi connectivity index (χ4n) is 3.53. The minimum absolute atomic E-state index is 0.00568. The first-order valence-electron chi connectivity index (χ1n) is 8.50. The minimum atomic E-state index is -0.971. The van der Waals surface area contributed by atoms with Gasteiger partial charge in [0, 0.05) is 18.1 Å². The van der Waals surface area contributed by atoms with E-state index in [-0.39, 0.29) is 28.7 Å². The van der Waals surface area contributed by atoms with Crippen molar-refractivity contribution in [2.24, 2.45) is 0 Å². The van der Waals surface area contributed by atoms with Crippen LogP contribution in [0.3, 0.4) is 0 Å². The van der Waals surface area contributed by atoms with Crippen LogP contribution in [-0.4, -0.2) is 41.2 Å². The third-order valence-corrected chi connectivity index (χ3v) is 5.92. The second-order valence-corrected chi connectivity index (χ2v) is 7.82. The van der Waals surface area contributed by atoms with Crippen molar-refractivity contribution in [1.29, 1.82) is 0 Å². The van der Waals surface area contributed by atoms with Gasteiger partial charge in [-0.2, -0.15) is 0 Å². The molecule has 5 rings (SSSR count). The average Bonchev–Trinajstić information content (AvgIpc) is 3.22. The summed E-state index contributed by atoms with van der Waals surface area (Å²) in [5.41, 5.74) is 1.50. The van der Waals surface area contributed by atoms with Gasteiger partial charge in [-0.05, 0) is 25.7 Å². The number of anilines is 1. The highest BCUT2D eigenvalue weighted by molar-refractivity contribution is 7.17. The number of carboxylic acids is 1. The zero-order valence-electron chi connectivity index (χ0n) is 13.7. The van der Waals surface area contributed by atoms with E-state index < -0.39 is 5.97 Å². The Labute approximate surface area is 151 Å². The number of nitrogens with one attached hydrogen (secondary N) is 1. The maximum absolute atomic E-state index is 12.9. The van der Waals surface area contributed by atoms with Crippen LogP contribution in [0.5, 0.6) is 0 Å². The highest BCUT2D eigenvalue weighted by atomic mass is 32.1. The number of rotatable bonds is 5. The van der Waals surface area contributed by atoms with E-state index in [0.717, 1.165) is 42.5 Å². The molecule has 0 bridgehead atoms. The van der Waals surface area contributed by atoms with Crippen molar-refractivity contribution in [2.75, 3.05) is 5.32 Å². The molecule has 0 radical (unpaired) electrons. The molecule has 2 aliphatic carbocycles. The monoisotopic (exact) mass is 372 g/mol. The molecule has 10 heteroatoms. The summed E-state index contributed by atoms with van der Waals surface area (Å²) in [7, 11) is 0. The van der Waals surface area contributed by atoms with Crippen LogP contribution < -0.4 is 11.0 Å². The summed E-state index contributed by atoms with van der Waals surface area (Å²) >= 11 is 1.12. The van der Waals surface area contributed by atoms with Crippen LogP contribution >= 0.6 is 11.3 Å². The molecule has 3 aromatic heterocycles. The van der Waals surface area contributed by atoms with Crippen LogP contribution in [0.25, 0.3) is 11.2 Å². The van der Waals surface area contributed by atoms with Crippen molar-refractivity contribution in [3.05, 3.63) is 34.1 Å². The molecular weight excluding hydrogens is 356 g/mol. The standard InChI is InChI=1S/C16H16N6O3S/c23-14(24)12-6-18-15(26-12)20-8-3-10(4-8)22-13-11(5-17-7-19-13)21(16(22)25)9-1-2-9/h5-10H,1-4H2,(H,18,20)(H,23,24). The Morgan fingerprint density at radius 2 is 2.00 bits per heavy atom. The Bertz CT molecular complexity index is 1060. The third-order valence-electron chi connectivity index (χ3n) is 5.01. The summed E-state index contributed by atoms with van der Waals surface area (Å²) < 4.78 is 3.62. The SMILES string of the molecule is O=C(O)c1cnc(NC2CC(n3c(=O)n(C4CC4)c4cncnc43)C2)s1. The van der Waals surface area contributed by atoms with E-state index in [4.69, 9.17) is 5.11 Å². The van der Waals surface area contributed by atoms with Gasteiger partial charge in [-0.15, -0.1) is 0 Å². The molecule has 0 aliphatic heterocycles. The van der Waals surface area contributed by atoms with Gasteiger partial charge in [-0.3, -0.25) is 9.13 Å². The molecule has 3 heterocycles. The predicted octanol–water partition coefficient (Wildman–Crippen LogP) is 1.90. The van der Waals surface area contributed by atoms with Crippen LogP contribution in [0.1, 0.15) is 47.4 Å². The summed E-state index contributed by atoms with van der Waals surface area (Å²) in [5.74, 6) is -0.971. The maximum atomic E-state index is 12.9. The number of hydrogen-bond acceptors (Lipinski definition) is 7. The van der Waals surface area contributed by atoms with Gasteiger partial charge >= 0.3 is 11.7 Å². The van der Waals surface area contributed by atoms with Gasteiger partial charge in [0.2, 0.25) is 0 Å². The highest BCUT2D eigenvalue weighted by Gasteiger charge is 2.36. The van der Waals surface area contributed by atoms with Crippen LogP contribution in [0.2, 0.25) is 0 Å². The molecule has 0 unspecified atom stereocenters. The summed E-state index contributed by atoms with van der Waals surface area (Å²) in [6, 6.07) is 0.521. The molecule has 2 aliphatic rings. The van der Waals surface area contributed by atoms with Crippen molar-refractivity contribution in [1.82, 2.24) is 24.1 Å². The Kier molecular flexibility index (Phi) is 3.36. The van der Waals surface area contributed by atoms with Gasteiger partial charge in [0.1, 0.15) is 16.7 Å². The lowest BCUT2D eigenvalue weighted by Gasteiger charge is -2.36. The van der Waals surface area contributed by atoms with Crippen LogP contribution in [0, 0.1) is 0 Å². The number of aromatic nitrogens is 5. The molecule has 134 valence electrons. The Balaban J connectivity index is 1.37. The fraction of sp³-hybridized carbons (Fsp3) is 0.438. The number of aromatic carboxylic acids is 1. The molecule has 2 saturated carbocycles. The summed E-state index contributed by atoms with van der Waals surface area (Å²) in [6.45, 7) is 0. The number of hydrogen-bond donors (Lipinski definition) is 2. The molecule has 0 atom stereocenters. The molecule has 0 spiro atoms. The molecular formula is C16H16N6O3S. The normalized spacial score (nSPS) is 22.3. The first-order chi connectivity index (χ1) is 12.6. The number of carboxylic acid groups (broad SMARTS) is 1. The zero-order chi connectivity index (χ0) is 17.8. The predicted molar refractivity (Wildman–Crippen MR) is 94.8 cm³/mol. The van der Waals surface area contributed by atoms with E-state index in [1.54, 1.807) is 10.8 Å². The second-order valence-electron chi connectivity index (χ2n) is 6.79. The molecule has 0 amide bonds. The molecule has 9 nitrogen and oxygen atoms in total. The summed E-state index contributed by atoms with van der Waals surface area (Å²) in [4.78, 5) is 36.6. The Hall–Kier alpha value is -2.75. The third kappa shape index (κ3) is 2.40. The van der Waals surface area contributed by atoms with Crippen LogP contribution in [0.4, 0.5) is 5.13 Å². The fourth-order valence-corrected chi connectivity index (χ4v) is 4.26. The smallest absolute Gasteiger partial charge is 0.347 e. The van der Waals surface area contributed by atoms with E-state index in [1.165, 1.54) is 12.5 Å². The Morgan fingerprint density at radius 1 is 1.19 bits per heavy atom. The molecule has 0 aromatic carbocycles. The minimum Gasteiger partial charge on any atom is -0.477 e. The van der Waals surface area contributed by atoms with Crippen molar-refractivity contribution in [3.8, 4) is 0 Å². The van der Waals surface area contributed by atoms with Gasteiger partial charge in [-0.1, -0.05) is 11.3 Å². The van der Waals surface area contributed by atoms with Crippen molar-refractivity contribution < 1.29 is 9.90 Å². The molecule has 3 aromatic rings. The summed E-state index contributed by atoms with van der Waals surface area (Å²) in [6.07, 6.45) is 8.15. The number of thiazole rings is 1. The van der Waals surface area contributed by atoms with Gasteiger partial charge in [0.15, 0.2) is 10.8 Å². The summed E-state index contributed by atoms with van der Waals surface area (Å²) in [5, 5.41) is 12.8. The van der Waals surface area contributed by atoms with Crippen molar-refractivity contribution >= 4 is 33.6 Å².